The zero-order chi connectivity index (χ0) is 18.1. The van der Waals surface area contributed by atoms with E-state index in [0.29, 0.717) is 30.2 Å². The Morgan fingerprint density at radius 2 is 1.88 bits per heavy atom. The van der Waals surface area contributed by atoms with Crippen molar-refractivity contribution < 1.29 is 13.9 Å². The van der Waals surface area contributed by atoms with Crippen LogP contribution in [-0.2, 0) is 13.2 Å². The molecule has 0 saturated heterocycles. The molecule has 0 N–H and O–H groups in total. The molecule has 3 aromatic rings. The molecule has 0 spiro atoms. The Morgan fingerprint density at radius 3 is 2.62 bits per heavy atom. The first-order valence-corrected chi connectivity index (χ1v) is 8.45. The van der Waals surface area contributed by atoms with Crippen molar-refractivity contribution in [3.8, 4) is 5.75 Å². The molecule has 1 aliphatic rings. The van der Waals surface area contributed by atoms with Crippen LogP contribution in [0.4, 0.5) is 10.1 Å². The fraction of sp³-hybridized carbons (Fsp3) is 0.200. The Hall–Kier alpha value is -3.15. The average molecular weight is 351 g/mol. The van der Waals surface area contributed by atoms with Crippen molar-refractivity contribution in [1.82, 2.24) is 9.78 Å². The third-order valence-corrected chi connectivity index (χ3v) is 4.38. The van der Waals surface area contributed by atoms with Gasteiger partial charge in [0.15, 0.2) is 0 Å². The summed E-state index contributed by atoms with van der Waals surface area (Å²) in [4.78, 5) is 14.6. The molecule has 0 aliphatic carbocycles. The molecule has 0 radical (unpaired) electrons. The molecule has 2 aromatic carbocycles. The second-order valence-corrected chi connectivity index (χ2v) is 6.31. The Bertz CT molecular complexity index is 922. The van der Waals surface area contributed by atoms with Gasteiger partial charge < -0.3 is 9.64 Å². The normalized spacial score (nSPS) is 16.5. The number of ether oxygens (including phenoxy) is 1. The molecule has 2 heterocycles. The van der Waals surface area contributed by atoms with Crippen LogP contribution in [0.15, 0.2) is 60.7 Å². The topological polar surface area (TPSA) is 47.4 Å². The average Bonchev–Trinajstić information content (AvgIpc) is 3.05. The van der Waals surface area contributed by atoms with Gasteiger partial charge in [-0.05, 0) is 49.4 Å². The van der Waals surface area contributed by atoms with Gasteiger partial charge in [-0.25, -0.2) is 4.39 Å². The van der Waals surface area contributed by atoms with Crippen LogP contribution in [0.1, 0.15) is 23.1 Å². The Morgan fingerprint density at radius 1 is 1.15 bits per heavy atom. The minimum atomic E-state index is -0.323. The van der Waals surface area contributed by atoms with Crippen LogP contribution < -0.4 is 9.64 Å². The van der Waals surface area contributed by atoms with E-state index in [1.807, 2.05) is 37.3 Å². The van der Waals surface area contributed by atoms with E-state index in [2.05, 4.69) is 5.10 Å². The van der Waals surface area contributed by atoms with Gasteiger partial charge in [0.25, 0.3) is 5.91 Å². The van der Waals surface area contributed by atoms with Gasteiger partial charge in [0.1, 0.15) is 29.6 Å². The molecule has 1 aliphatic heterocycles. The van der Waals surface area contributed by atoms with Gasteiger partial charge in [0.2, 0.25) is 0 Å². The van der Waals surface area contributed by atoms with E-state index in [-0.39, 0.29) is 17.8 Å². The minimum absolute atomic E-state index is 0.0803. The maximum atomic E-state index is 13.2. The lowest BCUT2D eigenvalue weighted by Gasteiger charge is -2.33. The van der Waals surface area contributed by atoms with E-state index in [1.165, 1.54) is 12.1 Å². The van der Waals surface area contributed by atoms with E-state index in [9.17, 15) is 9.18 Å². The monoisotopic (exact) mass is 351 g/mol. The van der Waals surface area contributed by atoms with Crippen LogP contribution in [0.3, 0.4) is 0 Å². The quantitative estimate of drug-likeness (QED) is 0.721. The van der Waals surface area contributed by atoms with Gasteiger partial charge in [-0.3, -0.25) is 9.48 Å². The van der Waals surface area contributed by atoms with Crippen LogP contribution in [0.25, 0.3) is 0 Å². The van der Waals surface area contributed by atoms with E-state index in [1.54, 1.807) is 27.8 Å². The minimum Gasteiger partial charge on any atom is -0.487 e. The summed E-state index contributed by atoms with van der Waals surface area (Å²) in [6.45, 7) is 2.82. The molecule has 1 amide bonds. The van der Waals surface area contributed by atoms with Crippen molar-refractivity contribution >= 4 is 11.6 Å². The van der Waals surface area contributed by atoms with Crippen LogP contribution in [0, 0.1) is 5.82 Å². The zero-order valence-electron chi connectivity index (χ0n) is 14.3. The molecule has 5 nitrogen and oxygen atoms in total. The van der Waals surface area contributed by atoms with Gasteiger partial charge in [0, 0.05) is 5.69 Å². The van der Waals surface area contributed by atoms with Gasteiger partial charge >= 0.3 is 0 Å². The molecular weight excluding hydrogens is 333 g/mol. The molecule has 0 bridgehead atoms. The van der Waals surface area contributed by atoms with Crippen LogP contribution in [-0.4, -0.2) is 21.7 Å². The standard InChI is InChI=1S/C20H18FN3O2/c1-14-12-23-19(20(25)24(14)17-9-7-15(21)8-10-17)11-16(22-23)13-26-18-5-3-2-4-6-18/h2-11,14H,12-13H2,1H3/t14-/m1/s1. The number of rotatable bonds is 4. The number of aromatic nitrogens is 2. The SMILES string of the molecule is C[C@@H]1Cn2nc(COc3ccccc3)cc2C(=O)N1c1ccc(F)cc1. The van der Waals surface area contributed by atoms with Crippen LogP contribution >= 0.6 is 0 Å². The number of carbonyl (C=O) groups is 1. The summed E-state index contributed by atoms with van der Waals surface area (Å²) >= 11 is 0. The summed E-state index contributed by atoms with van der Waals surface area (Å²) in [6, 6.07) is 17.1. The van der Waals surface area contributed by atoms with Gasteiger partial charge in [-0.1, -0.05) is 18.2 Å². The highest BCUT2D eigenvalue weighted by molar-refractivity contribution is 6.06. The fourth-order valence-electron chi connectivity index (χ4n) is 3.15. The van der Waals surface area contributed by atoms with Crippen molar-refractivity contribution in [2.75, 3.05) is 4.90 Å². The zero-order valence-corrected chi connectivity index (χ0v) is 14.3. The number of benzene rings is 2. The van der Waals surface area contributed by atoms with Crippen molar-refractivity contribution in [3.05, 3.63) is 77.9 Å². The van der Waals surface area contributed by atoms with Crippen LogP contribution in [0.5, 0.6) is 5.75 Å². The Balaban J connectivity index is 1.56. The van der Waals surface area contributed by atoms with Gasteiger partial charge in [0.05, 0.1) is 12.6 Å². The molecule has 0 fully saturated rings. The summed E-state index contributed by atoms with van der Waals surface area (Å²) in [5.74, 6) is 0.288. The number of nitrogens with zero attached hydrogens (tertiary/aromatic N) is 3. The van der Waals surface area contributed by atoms with E-state index in [0.717, 1.165) is 5.75 Å². The van der Waals surface area contributed by atoms with Crippen molar-refractivity contribution in [3.63, 3.8) is 0 Å². The summed E-state index contributed by atoms with van der Waals surface area (Å²) in [5, 5.41) is 4.49. The lowest BCUT2D eigenvalue weighted by molar-refractivity contribution is 0.0947. The van der Waals surface area contributed by atoms with Crippen molar-refractivity contribution in [1.29, 1.82) is 0 Å². The van der Waals surface area contributed by atoms with Crippen molar-refractivity contribution in [2.24, 2.45) is 0 Å². The van der Waals surface area contributed by atoms with Crippen LogP contribution in [0.2, 0.25) is 0 Å². The van der Waals surface area contributed by atoms with Gasteiger partial charge in [-0.15, -0.1) is 0 Å². The number of carbonyl (C=O) groups excluding carboxylic acids is 1. The predicted octanol–water partition coefficient (Wildman–Crippen LogP) is 3.65. The molecule has 1 aromatic heterocycles. The maximum Gasteiger partial charge on any atom is 0.276 e. The smallest absolute Gasteiger partial charge is 0.276 e. The Kier molecular flexibility index (Phi) is 4.16. The first kappa shape index (κ1) is 16.3. The number of para-hydroxylation sites is 1. The number of amides is 1. The lowest BCUT2D eigenvalue weighted by atomic mass is 10.1. The van der Waals surface area contributed by atoms with E-state index in [4.69, 9.17) is 4.74 Å². The summed E-state index contributed by atoms with van der Waals surface area (Å²) in [6.07, 6.45) is 0. The molecule has 1 atom stereocenters. The fourth-order valence-corrected chi connectivity index (χ4v) is 3.15. The number of halogens is 1. The molecule has 26 heavy (non-hydrogen) atoms. The predicted molar refractivity (Wildman–Crippen MR) is 95.7 cm³/mol. The molecule has 0 saturated carbocycles. The highest BCUT2D eigenvalue weighted by Crippen LogP contribution is 2.26. The number of anilines is 1. The van der Waals surface area contributed by atoms with Crippen molar-refractivity contribution in [2.45, 2.75) is 26.1 Å². The lowest BCUT2D eigenvalue weighted by Crippen LogP contribution is -2.46. The molecule has 132 valence electrons. The largest absolute Gasteiger partial charge is 0.487 e. The molecule has 4 rings (SSSR count). The third-order valence-electron chi connectivity index (χ3n) is 4.38. The second-order valence-electron chi connectivity index (χ2n) is 6.31. The van der Waals surface area contributed by atoms with Gasteiger partial charge in [-0.2, -0.15) is 5.10 Å². The third kappa shape index (κ3) is 3.06. The van der Waals surface area contributed by atoms with E-state index >= 15 is 0 Å². The number of hydrogen-bond acceptors (Lipinski definition) is 3. The molecular formula is C20H18FN3O2. The molecule has 0 unspecified atom stereocenters. The number of fused-ring (bicyclic) bond motifs is 1. The maximum absolute atomic E-state index is 13.2. The summed E-state index contributed by atoms with van der Waals surface area (Å²) in [7, 11) is 0. The Labute approximate surface area is 150 Å². The number of hydrogen-bond donors (Lipinski definition) is 0. The highest BCUT2D eigenvalue weighted by atomic mass is 19.1. The second kappa shape index (κ2) is 6.63. The highest BCUT2D eigenvalue weighted by Gasteiger charge is 2.32. The first-order chi connectivity index (χ1) is 12.6. The first-order valence-electron chi connectivity index (χ1n) is 8.45. The molecule has 6 heteroatoms. The van der Waals surface area contributed by atoms with E-state index < -0.39 is 0 Å². The summed E-state index contributed by atoms with van der Waals surface area (Å²) in [5.41, 5.74) is 1.89. The summed E-state index contributed by atoms with van der Waals surface area (Å²) < 4.78 is 20.6.